The maximum absolute atomic E-state index is 11.6. The van der Waals surface area contributed by atoms with Crippen molar-refractivity contribution < 1.29 is 9.53 Å². The summed E-state index contributed by atoms with van der Waals surface area (Å²) in [6.45, 7) is 8.22. The van der Waals surface area contributed by atoms with Crippen LogP contribution in [0.2, 0.25) is 0 Å². The van der Waals surface area contributed by atoms with Gasteiger partial charge in [0, 0.05) is 11.8 Å². The van der Waals surface area contributed by atoms with Gasteiger partial charge in [0.25, 0.3) is 0 Å². The molecule has 0 bridgehead atoms. The van der Waals surface area contributed by atoms with Gasteiger partial charge in [-0.1, -0.05) is 19.9 Å². The minimum absolute atomic E-state index is 0.140. The monoisotopic (exact) mass is 206 g/mol. The molecule has 1 heterocycles. The Balaban J connectivity index is 2.50. The number of rotatable bonds is 0. The van der Waals surface area contributed by atoms with Crippen molar-refractivity contribution in [2.24, 2.45) is 5.41 Å². The van der Waals surface area contributed by atoms with E-state index in [1.165, 1.54) is 0 Å². The van der Waals surface area contributed by atoms with Crippen LogP contribution < -0.4 is 0 Å². The van der Waals surface area contributed by atoms with Gasteiger partial charge in [-0.2, -0.15) is 0 Å². The normalized spacial score (nSPS) is 38.5. The minimum Gasteiger partial charge on any atom is -0.359 e. The van der Waals surface area contributed by atoms with E-state index in [0.717, 1.165) is 5.57 Å². The first-order chi connectivity index (χ1) is 6.87. The number of ketones is 1. The second-order valence-electron chi connectivity index (χ2n) is 5.27. The zero-order valence-electron chi connectivity index (χ0n) is 9.83. The molecule has 0 aromatic heterocycles. The number of hydrogen-bond donors (Lipinski definition) is 0. The van der Waals surface area contributed by atoms with E-state index in [2.05, 4.69) is 26.0 Å². The van der Waals surface area contributed by atoms with Crippen molar-refractivity contribution in [1.82, 2.24) is 0 Å². The van der Waals surface area contributed by atoms with E-state index in [0.29, 0.717) is 6.42 Å². The third-order valence-electron chi connectivity index (χ3n) is 3.56. The van der Waals surface area contributed by atoms with Crippen molar-refractivity contribution in [2.75, 3.05) is 0 Å². The van der Waals surface area contributed by atoms with E-state index >= 15 is 0 Å². The van der Waals surface area contributed by atoms with Gasteiger partial charge in [-0.05, 0) is 31.6 Å². The lowest BCUT2D eigenvalue weighted by Crippen LogP contribution is -2.49. The molecule has 2 unspecified atom stereocenters. The van der Waals surface area contributed by atoms with Crippen LogP contribution in [0.5, 0.6) is 0 Å². The summed E-state index contributed by atoms with van der Waals surface area (Å²) in [5, 5.41) is 0. The van der Waals surface area contributed by atoms with Gasteiger partial charge in [0.1, 0.15) is 5.60 Å². The lowest BCUT2D eigenvalue weighted by Gasteiger charge is -2.46. The molecule has 2 atom stereocenters. The van der Waals surface area contributed by atoms with Gasteiger partial charge in [0.2, 0.25) is 0 Å². The SMILES string of the molecule is CC1=CC(=O)CC(C)(C)C12C=CC(C)O2. The Hall–Kier alpha value is -0.890. The van der Waals surface area contributed by atoms with Crippen LogP contribution in [0.4, 0.5) is 0 Å². The minimum atomic E-state index is -0.361. The summed E-state index contributed by atoms with van der Waals surface area (Å²) in [5.74, 6) is 0.208. The summed E-state index contributed by atoms with van der Waals surface area (Å²) in [6, 6.07) is 0. The molecule has 2 heteroatoms. The maximum Gasteiger partial charge on any atom is 0.156 e. The topological polar surface area (TPSA) is 26.3 Å². The molecule has 0 aromatic rings. The lowest BCUT2D eigenvalue weighted by molar-refractivity contribution is -0.125. The van der Waals surface area contributed by atoms with Crippen LogP contribution in [-0.4, -0.2) is 17.5 Å². The van der Waals surface area contributed by atoms with E-state index in [9.17, 15) is 4.79 Å². The Morgan fingerprint density at radius 1 is 1.47 bits per heavy atom. The quantitative estimate of drug-likeness (QED) is 0.569. The van der Waals surface area contributed by atoms with Crippen molar-refractivity contribution >= 4 is 5.78 Å². The van der Waals surface area contributed by atoms with E-state index in [1.807, 2.05) is 13.8 Å². The second-order valence-corrected chi connectivity index (χ2v) is 5.27. The molecule has 2 rings (SSSR count). The van der Waals surface area contributed by atoms with Crippen LogP contribution in [0, 0.1) is 5.41 Å². The zero-order valence-corrected chi connectivity index (χ0v) is 9.83. The van der Waals surface area contributed by atoms with Gasteiger partial charge in [-0.15, -0.1) is 0 Å². The molecule has 15 heavy (non-hydrogen) atoms. The van der Waals surface area contributed by atoms with Gasteiger partial charge in [0.15, 0.2) is 5.78 Å². The van der Waals surface area contributed by atoms with Crippen molar-refractivity contribution in [3.8, 4) is 0 Å². The highest BCUT2D eigenvalue weighted by Gasteiger charge is 2.51. The first-order valence-corrected chi connectivity index (χ1v) is 5.46. The number of ether oxygens (including phenoxy) is 1. The summed E-state index contributed by atoms with van der Waals surface area (Å²) < 4.78 is 6.03. The summed E-state index contributed by atoms with van der Waals surface area (Å²) in [6.07, 6.45) is 6.63. The van der Waals surface area contributed by atoms with E-state index in [4.69, 9.17) is 4.74 Å². The van der Waals surface area contributed by atoms with Crippen molar-refractivity contribution in [1.29, 1.82) is 0 Å². The molecule has 82 valence electrons. The summed E-state index contributed by atoms with van der Waals surface area (Å²) >= 11 is 0. The number of hydrogen-bond acceptors (Lipinski definition) is 2. The molecule has 0 aromatic carbocycles. The standard InChI is InChI=1S/C13H18O2/c1-9-7-11(14)8-12(3,4)13(9)6-5-10(2)15-13/h5-7,10H,8H2,1-4H3. The fourth-order valence-corrected chi connectivity index (χ4v) is 2.75. The van der Waals surface area contributed by atoms with Crippen molar-refractivity contribution in [2.45, 2.75) is 45.8 Å². The Labute approximate surface area is 91.0 Å². The highest BCUT2D eigenvalue weighted by molar-refractivity contribution is 5.92. The molecule has 0 saturated heterocycles. The van der Waals surface area contributed by atoms with E-state index < -0.39 is 0 Å². The van der Waals surface area contributed by atoms with Gasteiger partial charge in [-0.25, -0.2) is 0 Å². The highest BCUT2D eigenvalue weighted by Crippen LogP contribution is 2.49. The third kappa shape index (κ3) is 1.39. The predicted molar refractivity (Wildman–Crippen MR) is 59.6 cm³/mol. The molecule has 1 aliphatic carbocycles. The predicted octanol–water partition coefficient (Wildman–Crippen LogP) is 2.65. The Morgan fingerprint density at radius 3 is 2.60 bits per heavy atom. The smallest absolute Gasteiger partial charge is 0.156 e. The van der Waals surface area contributed by atoms with Crippen LogP contribution >= 0.6 is 0 Å². The van der Waals surface area contributed by atoms with Gasteiger partial charge >= 0.3 is 0 Å². The first kappa shape index (κ1) is 10.6. The molecular weight excluding hydrogens is 188 g/mol. The first-order valence-electron chi connectivity index (χ1n) is 5.46. The van der Waals surface area contributed by atoms with Crippen LogP contribution in [0.3, 0.4) is 0 Å². The molecule has 0 amide bonds. The second kappa shape index (κ2) is 3.05. The largest absolute Gasteiger partial charge is 0.359 e. The molecular formula is C13H18O2. The average Bonchev–Trinajstić information content (AvgIpc) is 2.45. The van der Waals surface area contributed by atoms with Gasteiger partial charge < -0.3 is 4.74 Å². The fourth-order valence-electron chi connectivity index (χ4n) is 2.75. The third-order valence-corrected chi connectivity index (χ3v) is 3.56. The fraction of sp³-hybridized carbons (Fsp3) is 0.615. The molecule has 2 aliphatic rings. The molecule has 2 nitrogen and oxygen atoms in total. The van der Waals surface area contributed by atoms with Crippen molar-refractivity contribution in [3.05, 3.63) is 23.8 Å². The van der Waals surface area contributed by atoms with E-state index in [1.54, 1.807) is 6.08 Å². The molecule has 1 aliphatic heterocycles. The average molecular weight is 206 g/mol. The highest BCUT2D eigenvalue weighted by atomic mass is 16.5. The number of allylic oxidation sites excluding steroid dienone is 1. The van der Waals surface area contributed by atoms with E-state index in [-0.39, 0.29) is 22.9 Å². The Bertz CT molecular complexity index is 363. The van der Waals surface area contributed by atoms with Crippen molar-refractivity contribution in [3.63, 3.8) is 0 Å². The molecule has 0 N–H and O–H groups in total. The molecule has 0 radical (unpaired) electrons. The van der Waals surface area contributed by atoms with Gasteiger partial charge in [-0.3, -0.25) is 4.79 Å². The summed E-state index contributed by atoms with van der Waals surface area (Å²) in [5.41, 5.74) is 0.522. The lowest BCUT2D eigenvalue weighted by atomic mass is 9.65. The van der Waals surface area contributed by atoms with Gasteiger partial charge in [0.05, 0.1) is 6.10 Å². The molecule has 0 fully saturated rings. The van der Waals surface area contributed by atoms with Crippen LogP contribution in [0.25, 0.3) is 0 Å². The maximum atomic E-state index is 11.6. The molecule has 1 spiro atoms. The Morgan fingerprint density at radius 2 is 2.13 bits per heavy atom. The molecule has 0 saturated carbocycles. The number of carbonyl (C=O) groups is 1. The summed E-state index contributed by atoms with van der Waals surface area (Å²) in [4.78, 5) is 11.6. The number of carbonyl (C=O) groups excluding carboxylic acids is 1. The zero-order chi connectivity index (χ0) is 11.3. The van der Waals surface area contributed by atoms with Crippen LogP contribution in [-0.2, 0) is 9.53 Å². The Kier molecular flexibility index (Phi) is 2.16. The van der Waals surface area contributed by atoms with Crippen LogP contribution in [0.1, 0.15) is 34.1 Å². The van der Waals surface area contributed by atoms with Crippen LogP contribution in [0.15, 0.2) is 23.8 Å². The summed E-state index contributed by atoms with van der Waals surface area (Å²) in [7, 11) is 0.